The molecule has 5 rings (SSSR count). The second-order valence-electron chi connectivity index (χ2n) is 11.3. The van der Waals surface area contributed by atoms with Gasteiger partial charge in [0.25, 0.3) is 0 Å². The smallest absolute Gasteiger partial charge is 0.319 e. The van der Waals surface area contributed by atoms with Crippen LogP contribution in [0.3, 0.4) is 0 Å². The normalized spacial score (nSPS) is 23.0. The van der Waals surface area contributed by atoms with E-state index in [1.54, 1.807) is 12.0 Å². The maximum absolute atomic E-state index is 13.5. The highest BCUT2D eigenvalue weighted by molar-refractivity contribution is 5.85. The molecule has 2 aromatic carbocycles. The van der Waals surface area contributed by atoms with Gasteiger partial charge in [0, 0.05) is 52.7 Å². The summed E-state index contributed by atoms with van der Waals surface area (Å²) in [5, 5.41) is 0. The summed E-state index contributed by atoms with van der Waals surface area (Å²) in [6, 6.07) is 18.7. The van der Waals surface area contributed by atoms with Crippen LogP contribution in [-0.2, 0) is 11.3 Å². The molecule has 0 radical (unpaired) electrons. The zero-order valence-electron chi connectivity index (χ0n) is 22.8. The molecule has 206 valence electrons. The van der Waals surface area contributed by atoms with Crippen molar-refractivity contribution in [1.29, 1.82) is 0 Å². The molecular formula is C30H41ClN4O3. The van der Waals surface area contributed by atoms with Crippen LogP contribution >= 0.6 is 12.4 Å². The van der Waals surface area contributed by atoms with Gasteiger partial charge in [-0.2, -0.15) is 0 Å². The first-order valence-electron chi connectivity index (χ1n) is 13.5. The Hall–Kier alpha value is -2.77. The summed E-state index contributed by atoms with van der Waals surface area (Å²) in [5.74, 6) is 1.90. The maximum Gasteiger partial charge on any atom is 0.319 e. The molecule has 3 amide bonds. The molecule has 3 saturated heterocycles. The molecule has 0 aromatic heterocycles. The fourth-order valence-electron chi connectivity index (χ4n) is 6.53. The van der Waals surface area contributed by atoms with Gasteiger partial charge >= 0.3 is 6.03 Å². The molecule has 2 aromatic rings. The molecule has 7 nitrogen and oxygen atoms in total. The van der Waals surface area contributed by atoms with E-state index in [1.807, 2.05) is 36.0 Å². The van der Waals surface area contributed by atoms with Crippen LogP contribution in [0.4, 0.5) is 4.79 Å². The number of methoxy groups -OCH3 is 1. The molecule has 0 saturated carbocycles. The van der Waals surface area contributed by atoms with Gasteiger partial charge in [0.05, 0.1) is 12.5 Å². The molecule has 8 heteroatoms. The lowest BCUT2D eigenvalue weighted by Gasteiger charge is -2.39. The van der Waals surface area contributed by atoms with Crippen LogP contribution < -0.4 is 4.74 Å². The van der Waals surface area contributed by atoms with Gasteiger partial charge in [0.2, 0.25) is 5.91 Å². The number of rotatable bonds is 6. The molecule has 3 fully saturated rings. The summed E-state index contributed by atoms with van der Waals surface area (Å²) in [6.45, 7) is 5.92. The predicted octanol–water partition coefficient (Wildman–Crippen LogP) is 4.33. The molecule has 0 bridgehead atoms. The van der Waals surface area contributed by atoms with Crippen molar-refractivity contribution < 1.29 is 14.3 Å². The van der Waals surface area contributed by atoms with Crippen molar-refractivity contribution in [2.24, 2.45) is 11.3 Å². The number of ether oxygens (including phenoxy) is 1. The molecular weight excluding hydrogens is 500 g/mol. The fourth-order valence-corrected chi connectivity index (χ4v) is 6.53. The Morgan fingerprint density at radius 3 is 2.26 bits per heavy atom. The van der Waals surface area contributed by atoms with E-state index in [2.05, 4.69) is 47.4 Å². The van der Waals surface area contributed by atoms with Crippen molar-refractivity contribution in [2.45, 2.75) is 31.7 Å². The molecule has 3 aliphatic heterocycles. The summed E-state index contributed by atoms with van der Waals surface area (Å²) in [4.78, 5) is 34.5. The first-order valence-corrected chi connectivity index (χ1v) is 13.5. The molecule has 3 heterocycles. The Balaban J connectivity index is 0.00000336. The molecule has 2 atom stereocenters. The van der Waals surface area contributed by atoms with Crippen LogP contribution in [0.15, 0.2) is 54.6 Å². The van der Waals surface area contributed by atoms with Gasteiger partial charge in [0.1, 0.15) is 5.75 Å². The van der Waals surface area contributed by atoms with Gasteiger partial charge in [-0.1, -0.05) is 42.5 Å². The Morgan fingerprint density at radius 2 is 1.63 bits per heavy atom. The quantitative estimate of drug-likeness (QED) is 0.547. The van der Waals surface area contributed by atoms with E-state index < -0.39 is 0 Å². The van der Waals surface area contributed by atoms with E-state index in [9.17, 15) is 9.59 Å². The minimum Gasteiger partial charge on any atom is -0.497 e. The Bertz CT molecular complexity index is 1090. The number of hydrogen-bond donors (Lipinski definition) is 0. The zero-order valence-corrected chi connectivity index (χ0v) is 23.7. The summed E-state index contributed by atoms with van der Waals surface area (Å²) in [5.41, 5.74) is 2.26. The van der Waals surface area contributed by atoms with Crippen molar-refractivity contribution in [3.05, 3.63) is 65.7 Å². The third-order valence-corrected chi connectivity index (χ3v) is 8.76. The predicted molar refractivity (Wildman–Crippen MR) is 152 cm³/mol. The molecule has 1 unspecified atom stereocenters. The van der Waals surface area contributed by atoms with E-state index in [0.717, 1.165) is 69.8 Å². The summed E-state index contributed by atoms with van der Waals surface area (Å²) in [7, 11) is 5.32. The summed E-state index contributed by atoms with van der Waals surface area (Å²) in [6.07, 6.45) is 2.80. The first kappa shape index (κ1) is 28.2. The van der Waals surface area contributed by atoms with Crippen molar-refractivity contribution >= 4 is 24.3 Å². The van der Waals surface area contributed by atoms with Gasteiger partial charge in [-0.05, 0) is 61.5 Å². The number of piperidine rings is 1. The Morgan fingerprint density at radius 1 is 0.974 bits per heavy atom. The minimum atomic E-state index is -0.204. The van der Waals surface area contributed by atoms with E-state index >= 15 is 0 Å². The average Bonchev–Trinajstić information content (AvgIpc) is 3.47. The maximum atomic E-state index is 13.5. The third-order valence-electron chi connectivity index (χ3n) is 8.76. The highest BCUT2D eigenvalue weighted by atomic mass is 35.5. The van der Waals surface area contributed by atoms with Gasteiger partial charge in [-0.25, -0.2) is 4.79 Å². The Labute approximate surface area is 233 Å². The largest absolute Gasteiger partial charge is 0.497 e. The first-order chi connectivity index (χ1) is 17.9. The number of amides is 3. The van der Waals surface area contributed by atoms with Crippen molar-refractivity contribution in [3.8, 4) is 5.75 Å². The van der Waals surface area contributed by atoms with Crippen LogP contribution in [0.1, 0.15) is 36.3 Å². The van der Waals surface area contributed by atoms with Gasteiger partial charge < -0.3 is 24.3 Å². The molecule has 38 heavy (non-hydrogen) atoms. The highest BCUT2D eigenvalue weighted by Gasteiger charge is 2.48. The number of hydrogen-bond acceptors (Lipinski definition) is 4. The number of halogens is 1. The monoisotopic (exact) mass is 540 g/mol. The molecule has 3 aliphatic rings. The molecule has 0 aliphatic carbocycles. The number of carbonyl (C=O) groups is 2. The van der Waals surface area contributed by atoms with Gasteiger partial charge in [0.15, 0.2) is 0 Å². The average molecular weight is 541 g/mol. The third kappa shape index (κ3) is 5.79. The van der Waals surface area contributed by atoms with Crippen LogP contribution in [0.5, 0.6) is 5.75 Å². The lowest BCUT2D eigenvalue weighted by Crippen LogP contribution is -2.46. The van der Waals surface area contributed by atoms with Crippen molar-refractivity contribution in [3.63, 3.8) is 0 Å². The summed E-state index contributed by atoms with van der Waals surface area (Å²) < 4.78 is 5.26. The minimum absolute atomic E-state index is 0. The van der Waals surface area contributed by atoms with Crippen LogP contribution in [0.2, 0.25) is 0 Å². The van der Waals surface area contributed by atoms with Crippen LogP contribution in [0.25, 0.3) is 0 Å². The lowest BCUT2D eigenvalue weighted by atomic mass is 9.76. The van der Waals surface area contributed by atoms with E-state index in [0.29, 0.717) is 24.3 Å². The number of urea groups is 1. The zero-order chi connectivity index (χ0) is 26.0. The Kier molecular flexibility index (Phi) is 8.89. The second kappa shape index (κ2) is 12.0. The van der Waals surface area contributed by atoms with Gasteiger partial charge in [-0.15, -0.1) is 12.4 Å². The van der Waals surface area contributed by atoms with E-state index in [-0.39, 0.29) is 23.9 Å². The summed E-state index contributed by atoms with van der Waals surface area (Å²) >= 11 is 0. The standard InChI is InChI=1S/C30H40N4O3.ClH/c1-31(2)29(36)34-21-25(27(22-34)24-7-5-4-6-8-24)20-32-16-13-30(14-17-32)15-18-33(28(30)35)19-23-9-11-26(37-3)12-10-23;/h4-12,25,27H,13-22H2,1-3H3;1H/t25-,27?;/m0./s1. The van der Waals surface area contributed by atoms with E-state index in [1.165, 1.54) is 5.56 Å². The van der Waals surface area contributed by atoms with Crippen molar-refractivity contribution in [2.75, 3.05) is 60.5 Å². The topological polar surface area (TPSA) is 56.3 Å². The van der Waals surface area contributed by atoms with Crippen LogP contribution in [-0.4, -0.2) is 92.0 Å². The lowest BCUT2D eigenvalue weighted by molar-refractivity contribution is -0.139. The number of carbonyl (C=O) groups excluding carboxylic acids is 2. The number of likely N-dealkylation sites (tertiary alicyclic amines) is 3. The molecule has 0 N–H and O–H groups in total. The molecule has 1 spiro atoms. The van der Waals surface area contributed by atoms with Crippen molar-refractivity contribution in [1.82, 2.24) is 19.6 Å². The van der Waals surface area contributed by atoms with Crippen LogP contribution in [0, 0.1) is 11.3 Å². The van der Waals surface area contributed by atoms with Gasteiger partial charge in [-0.3, -0.25) is 4.79 Å². The van der Waals surface area contributed by atoms with E-state index in [4.69, 9.17) is 4.74 Å². The highest BCUT2D eigenvalue weighted by Crippen LogP contribution is 2.43. The fraction of sp³-hybridized carbons (Fsp3) is 0.533. The SMILES string of the molecule is COc1ccc(CN2CCC3(CCN(C[C@H]4CN(C(=O)N(C)C)CC4c4ccccc4)CC3)C2=O)cc1.Cl. The number of nitrogens with zero attached hydrogens (tertiary/aromatic N) is 4. The number of benzene rings is 2. The second-order valence-corrected chi connectivity index (χ2v) is 11.3.